The molecule has 0 spiro atoms. The highest BCUT2D eigenvalue weighted by atomic mass is 28.3. The molecule has 0 heterocycles. The Balaban J connectivity index is 2.21. The summed E-state index contributed by atoms with van der Waals surface area (Å²) >= 11 is 0. The number of carbonyl (C=O) groups excluding carboxylic acids is 2. The number of carbonyl (C=O) groups is 2. The van der Waals surface area contributed by atoms with Crippen LogP contribution >= 0.6 is 0 Å². The summed E-state index contributed by atoms with van der Waals surface area (Å²) in [6.07, 6.45) is 1.56. The van der Waals surface area contributed by atoms with E-state index in [1.165, 1.54) is 0 Å². The maximum Gasteiger partial charge on any atom is 0.173 e. The van der Waals surface area contributed by atoms with E-state index in [1.54, 1.807) is 24.3 Å². The van der Waals surface area contributed by atoms with Gasteiger partial charge in [0.15, 0.2) is 11.6 Å². The molecule has 2 aromatic carbocycles. The van der Waals surface area contributed by atoms with Gasteiger partial charge in [0.1, 0.15) is 0 Å². The van der Waals surface area contributed by atoms with Crippen molar-refractivity contribution in [2.45, 2.75) is 38.5 Å². The minimum Gasteiger partial charge on any atom is -0.293 e. The standard InChI is InChI=1S/C21H26O2Si/c1-24(2,3)16-10-15-19(20(22)17-11-6-4-7-12-17)21(23)18-13-8-5-9-14-18/h4-9,11-14,19H,10,15-16H2,1-3H3. The van der Waals surface area contributed by atoms with E-state index in [0.29, 0.717) is 17.5 Å². The molecule has 2 rings (SSSR count). The number of rotatable bonds is 8. The third-order valence-electron chi connectivity index (χ3n) is 4.17. The molecule has 0 aliphatic rings. The average Bonchev–Trinajstić information content (AvgIpc) is 2.58. The van der Waals surface area contributed by atoms with Gasteiger partial charge < -0.3 is 0 Å². The van der Waals surface area contributed by atoms with Crippen LogP contribution < -0.4 is 0 Å². The van der Waals surface area contributed by atoms with Crippen molar-refractivity contribution in [1.29, 1.82) is 0 Å². The highest BCUT2D eigenvalue weighted by molar-refractivity contribution is 6.76. The maximum atomic E-state index is 12.9. The van der Waals surface area contributed by atoms with Gasteiger partial charge in [0.05, 0.1) is 5.92 Å². The van der Waals surface area contributed by atoms with Crippen LogP contribution in [0, 0.1) is 5.92 Å². The lowest BCUT2D eigenvalue weighted by Gasteiger charge is -2.19. The predicted octanol–water partition coefficient (Wildman–Crippen LogP) is 5.49. The van der Waals surface area contributed by atoms with E-state index in [1.807, 2.05) is 36.4 Å². The van der Waals surface area contributed by atoms with Crippen molar-refractivity contribution >= 4 is 19.6 Å². The molecular weight excluding hydrogens is 312 g/mol. The summed E-state index contributed by atoms with van der Waals surface area (Å²) in [4.78, 5) is 25.8. The molecule has 2 aromatic rings. The van der Waals surface area contributed by atoms with Crippen molar-refractivity contribution in [3.8, 4) is 0 Å². The van der Waals surface area contributed by atoms with Crippen LogP contribution in [-0.2, 0) is 0 Å². The van der Waals surface area contributed by atoms with Crippen molar-refractivity contribution in [1.82, 2.24) is 0 Å². The first-order chi connectivity index (χ1) is 11.4. The van der Waals surface area contributed by atoms with Crippen LogP contribution in [0.1, 0.15) is 33.6 Å². The molecule has 0 fully saturated rings. The molecule has 0 radical (unpaired) electrons. The summed E-state index contributed by atoms with van der Waals surface area (Å²) in [7, 11) is -1.17. The van der Waals surface area contributed by atoms with Gasteiger partial charge in [-0.1, -0.05) is 92.8 Å². The van der Waals surface area contributed by atoms with Crippen LogP contribution in [0.3, 0.4) is 0 Å². The van der Waals surface area contributed by atoms with Gasteiger partial charge in [-0.3, -0.25) is 9.59 Å². The molecule has 2 nitrogen and oxygen atoms in total. The number of ketones is 2. The first-order valence-electron chi connectivity index (χ1n) is 8.57. The molecule has 3 heteroatoms. The molecule has 0 aliphatic carbocycles. The molecule has 0 atom stereocenters. The highest BCUT2D eigenvalue weighted by Crippen LogP contribution is 2.23. The van der Waals surface area contributed by atoms with Gasteiger partial charge in [-0.25, -0.2) is 0 Å². The monoisotopic (exact) mass is 338 g/mol. The SMILES string of the molecule is C[Si](C)(C)CCCC(C(=O)c1ccccc1)C(=O)c1ccccc1. The predicted molar refractivity (Wildman–Crippen MR) is 102 cm³/mol. The fraction of sp³-hybridized carbons (Fsp3) is 0.333. The van der Waals surface area contributed by atoms with Gasteiger partial charge in [-0.15, -0.1) is 0 Å². The molecule has 0 aromatic heterocycles. The largest absolute Gasteiger partial charge is 0.293 e. The summed E-state index contributed by atoms with van der Waals surface area (Å²) in [5.74, 6) is -0.689. The zero-order valence-electron chi connectivity index (χ0n) is 14.8. The van der Waals surface area contributed by atoms with Crippen molar-refractivity contribution in [2.24, 2.45) is 5.92 Å². The Morgan fingerprint density at radius 3 is 1.58 bits per heavy atom. The fourth-order valence-corrected chi connectivity index (χ4v) is 4.09. The van der Waals surface area contributed by atoms with Crippen LogP contribution in [0.4, 0.5) is 0 Å². The third kappa shape index (κ3) is 5.27. The van der Waals surface area contributed by atoms with Gasteiger partial charge in [-0.05, 0) is 6.42 Å². The topological polar surface area (TPSA) is 34.1 Å². The van der Waals surface area contributed by atoms with Crippen molar-refractivity contribution in [2.75, 3.05) is 0 Å². The van der Waals surface area contributed by atoms with Gasteiger partial charge in [0.2, 0.25) is 0 Å². The highest BCUT2D eigenvalue weighted by Gasteiger charge is 2.28. The summed E-state index contributed by atoms with van der Waals surface area (Å²) in [5, 5.41) is 0. The van der Waals surface area contributed by atoms with E-state index in [0.717, 1.165) is 12.5 Å². The smallest absolute Gasteiger partial charge is 0.173 e. The van der Waals surface area contributed by atoms with Crippen LogP contribution in [0.2, 0.25) is 25.7 Å². The first kappa shape index (κ1) is 18.3. The second kappa shape index (κ2) is 8.20. The number of hydrogen-bond donors (Lipinski definition) is 0. The minimum absolute atomic E-state index is 0.0555. The van der Waals surface area contributed by atoms with Crippen LogP contribution in [0.15, 0.2) is 60.7 Å². The van der Waals surface area contributed by atoms with E-state index in [-0.39, 0.29) is 11.6 Å². The van der Waals surface area contributed by atoms with Crippen molar-refractivity contribution < 1.29 is 9.59 Å². The number of benzene rings is 2. The maximum absolute atomic E-state index is 12.9. The quantitative estimate of drug-likeness (QED) is 0.362. The molecule has 126 valence electrons. The van der Waals surface area contributed by atoms with E-state index in [9.17, 15) is 9.59 Å². The average molecular weight is 339 g/mol. The Kier molecular flexibility index (Phi) is 6.27. The van der Waals surface area contributed by atoms with Crippen LogP contribution in [-0.4, -0.2) is 19.6 Å². The van der Waals surface area contributed by atoms with E-state index < -0.39 is 14.0 Å². The Bertz CT molecular complexity index is 620. The lowest BCUT2D eigenvalue weighted by Crippen LogP contribution is -2.26. The normalized spacial score (nSPS) is 11.5. The number of Topliss-reactive ketones (excluding diaryl/α,β-unsaturated/α-hetero) is 2. The van der Waals surface area contributed by atoms with E-state index >= 15 is 0 Å². The molecule has 24 heavy (non-hydrogen) atoms. The number of hydrogen-bond acceptors (Lipinski definition) is 2. The molecular formula is C21H26O2Si. The Morgan fingerprint density at radius 1 is 0.792 bits per heavy atom. The summed E-state index contributed by atoms with van der Waals surface area (Å²) in [5.41, 5.74) is 1.25. The zero-order valence-corrected chi connectivity index (χ0v) is 15.8. The van der Waals surface area contributed by atoms with Crippen molar-refractivity contribution in [3.05, 3.63) is 71.8 Å². The van der Waals surface area contributed by atoms with Gasteiger partial charge in [0.25, 0.3) is 0 Å². The molecule has 0 aliphatic heterocycles. The summed E-state index contributed by atoms with van der Waals surface area (Å²) < 4.78 is 0. The van der Waals surface area contributed by atoms with Crippen LogP contribution in [0.5, 0.6) is 0 Å². The summed E-state index contributed by atoms with van der Waals surface area (Å²) in [6, 6.07) is 19.5. The molecule has 0 bridgehead atoms. The lowest BCUT2D eigenvalue weighted by atomic mass is 9.87. The van der Waals surface area contributed by atoms with Gasteiger partial charge >= 0.3 is 0 Å². The third-order valence-corrected chi connectivity index (χ3v) is 6.02. The second-order valence-corrected chi connectivity index (χ2v) is 13.1. The Labute approximate surface area is 145 Å². The molecule has 0 N–H and O–H groups in total. The second-order valence-electron chi connectivity index (χ2n) is 7.47. The zero-order chi connectivity index (χ0) is 17.6. The molecule has 0 saturated carbocycles. The molecule has 0 unspecified atom stereocenters. The van der Waals surface area contributed by atoms with Crippen molar-refractivity contribution in [3.63, 3.8) is 0 Å². The van der Waals surface area contributed by atoms with Gasteiger partial charge in [0, 0.05) is 19.2 Å². The van der Waals surface area contributed by atoms with E-state index in [4.69, 9.17) is 0 Å². The minimum atomic E-state index is -1.17. The Hall–Kier alpha value is -2.00. The fourth-order valence-electron chi connectivity index (χ4n) is 2.82. The molecule has 0 amide bonds. The lowest BCUT2D eigenvalue weighted by molar-refractivity contribution is 0.0798. The molecule has 0 saturated heterocycles. The van der Waals surface area contributed by atoms with Gasteiger partial charge in [-0.2, -0.15) is 0 Å². The first-order valence-corrected chi connectivity index (χ1v) is 12.3. The van der Waals surface area contributed by atoms with Crippen LogP contribution in [0.25, 0.3) is 0 Å². The Morgan fingerprint density at radius 2 is 1.21 bits per heavy atom. The van der Waals surface area contributed by atoms with E-state index in [2.05, 4.69) is 19.6 Å². The summed E-state index contributed by atoms with van der Waals surface area (Å²) in [6.45, 7) is 6.96.